The molecule has 2 bridgehead atoms. The molecule has 0 unspecified atom stereocenters. The quantitative estimate of drug-likeness (QED) is 0.654. The fourth-order valence-corrected chi connectivity index (χ4v) is 4.60. The average Bonchev–Trinajstić information content (AvgIpc) is 2.72. The molecule has 0 aromatic rings. The maximum absolute atomic E-state index is 10.2. The Labute approximate surface area is 92.9 Å². The van der Waals surface area contributed by atoms with Crippen molar-refractivity contribution in [2.45, 2.75) is 50.7 Å². The fraction of sp³-hybridized carbons (Fsp3) is 1.00. The smallest absolute Gasteiger partial charge is 0.0941 e. The topological polar surface area (TPSA) is 20.2 Å². The molecular formula is C13H24NO+. The number of likely N-dealkylation sites (tertiary alicyclic amines) is 1. The first-order valence-corrected chi connectivity index (χ1v) is 6.73. The number of quaternary nitrogens is 1. The van der Waals surface area contributed by atoms with Crippen molar-refractivity contribution in [2.24, 2.45) is 11.8 Å². The highest BCUT2D eigenvalue weighted by atomic mass is 16.3. The molecule has 0 aromatic carbocycles. The van der Waals surface area contributed by atoms with E-state index in [4.69, 9.17) is 0 Å². The van der Waals surface area contributed by atoms with Gasteiger partial charge in [-0.3, -0.25) is 0 Å². The summed E-state index contributed by atoms with van der Waals surface area (Å²) in [6.07, 6.45) is 8.10. The molecule has 1 saturated heterocycles. The van der Waals surface area contributed by atoms with Crippen LogP contribution < -0.4 is 0 Å². The van der Waals surface area contributed by atoms with Crippen LogP contribution in [0.15, 0.2) is 0 Å². The van der Waals surface area contributed by atoms with E-state index in [1.165, 1.54) is 56.1 Å². The van der Waals surface area contributed by atoms with E-state index in [1.54, 1.807) is 0 Å². The third-order valence-corrected chi connectivity index (χ3v) is 5.51. The van der Waals surface area contributed by atoms with Crippen LogP contribution in [0.3, 0.4) is 0 Å². The van der Waals surface area contributed by atoms with E-state index >= 15 is 0 Å². The summed E-state index contributed by atoms with van der Waals surface area (Å²) >= 11 is 0. The van der Waals surface area contributed by atoms with Crippen LogP contribution in [0, 0.1) is 11.8 Å². The Bertz CT molecular complexity index is 247. The van der Waals surface area contributed by atoms with E-state index < -0.39 is 0 Å². The number of rotatable bonds is 1. The lowest BCUT2D eigenvalue weighted by Crippen LogP contribution is -2.56. The zero-order valence-corrected chi connectivity index (χ0v) is 9.86. The molecular weight excluding hydrogens is 186 g/mol. The molecule has 15 heavy (non-hydrogen) atoms. The Morgan fingerprint density at radius 1 is 1.00 bits per heavy atom. The first-order chi connectivity index (χ1) is 7.21. The predicted molar refractivity (Wildman–Crippen MR) is 60.4 cm³/mol. The number of hydrogen-bond acceptors (Lipinski definition) is 1. The van der Waals surface area contributed by atoms with Crippen molar-refractivity contribution in [3.05, 3.63) is 0 Å². The number of aliphatic hydroxyl groups excluding tert-OH is 1. The first-order valence-electron chi connectivity index (χ1n) is 6.73. The van der Waals surface area contributed by atoms with Crippen LogP contribution in [0.4, 0.5) is 0 Å². The average molecular weight is 210 g/mol. The lowest BCUT2D eigenvalue weighted by molar-refractivity contribution is -0.927. The Morgan fingerprint density at radius 2 is 1.67 bits per heavy atom. The largest absolute Gasteiger partial charge is 0.392 e. The zero-order chi connectivity index (χ0) is 10.5. The van der Waals surface area contributed by atoms with Crippen LogP contribution in [0.2, 0.25) is 0 Å². The van der Waals surface area contributed by atoms with Crippen molar-refractivity contribution in [1.82, 2.24) is 0 Å². The van der Waals surface area contributed by atoms with Gasteiger partial charge in [0.05, 0.1) is 32.3 Å². The minimum Gasteiger partial charge on any atom is -0.392 e. The monoisotopic (exact) mass is 210 g/mol. The third kappa shape index (κ3) is 1.45. The van der Waals surface area contributed by atoms with Gasteiger partial charge in [0.1, 0.15) is 0 Å². The molecule has 4 atom stereocenters. The Morgan fingerprint density at radius 3 is 2.40 bits per heavy atom. The second-order valence-corrected chi connectivity index (χ2v) is 6.27. The molecule has 2 saturated carbocycles. The molecule has 2 nitrogen and oxygen atoms in total. The van der Waals surface area contributed by atoms with Gasteiger partial charge in [-0.25, -0.2) is 0 Å². The molecule has 1 N–H and O–H groups in total. The number of fused-ring (bicyclic) bond motifs is 2. The van der Waals surface area contributed by atoms with E-state index in [0.29, 0.717) is 11.8 Å². The highest BCUT2D eigenvalue weighted by molar-refractivity contribution is 4.94. The summed E-state index contributed by atoms with van der Waals surface area (Å²) in [5.41, 5.74) is 0. The molecule has 2 aliphatic carbocycles. The molecule has 3 rings (SSSR count). The van der Waals surface area contributed by atoms with Gasteiger partial charge in [-0.05, 0) is 25.2 Å². The first kappa shape index (κ1) is 10.1. The standard InChI is InChI=1S/C13H24NO/c1-14(8-2-3-9-14)12-7-5-10-4-6-11(12)13(10)15/h10-13,15H,2-9H2,1H3/q+1/t10-,11-,12-,13+/m1/s1. The summed E-state index contributed by atoms with van der Waals surface area (Å²) in [7, 11) is 2.43. The molecule has 0 spiro atoms. The van der Waals surface area contributed by atoms with Gasteiger partial charge in [0.2, 0.25) is 0 Å². The van der Waals surface area contributed by atoms with Gasteiger partial charge in [-0.2, -0.15) is 0 Å². The van der Waals surface area contributed by atoms with E-state index in [2.05, 4.69) is 7.05 Å². The molecule has 0 radical (unpaired) electrons. The molecule has 2 heteroatoms. The SMILES string of the molecule is C[N+]1([C@@H]2CC[C@H]3CC[C@H]2[C@H]3O)CCCC1. The van der Waals surface area contributed by atoms with Gasteiger partial charge in [0.25, 0.3) is 0 Å². The summed E-state index contributed by atoms with van der Waals surface area (Å²) in [6.45, 7) is 2.72. The summed E-state index contributed by atoms with van der Waals surface area (Å²) in [5, 5.41) is 10.2. The van der Waals surface area contributed by atoms with Crippen molar-refractivity contribution >= 4 is 0 Å². The van der Waals surface area contributed by atoms with Crippen molar-refractivity contribution in [2.75, 3.05) is 20.1 Å². The molecule has 86 valence electrons. The molecule has 1 aliphatic heterocycles. The van der Waals surface area contributed by atoms with Crippen LogP contribution in [0.1, 0.15) is 38.5 Å². The van der Waals surface area contributed by atoms with Crippen molar-refractivity contribution in [1.29, 1.82) is 0 Å². The third-order valence-electron chi connectivity index (χ3n) is 5.51. The summed E-state index contributed by atoms with van der Waals surface area (Å²) < 4.78 is 1.27. The number of hydrogen-bond donors (Lipinski definition) is 1. The van der Waals surface area contributed by atoms with Crippen LogP contribution in [-0.2, 0) is 0 Å². The molecule has 3 aliphatic rings. The zero-order valence-electron chi connectivity index (χ0n) is 9.86. The van der Waals surface area contributed by atoms with Gasteiger partial charge in [-0.15, -0.1) is 0 Å². The van der Waals surface area contributed by atoms with Gasteiger partial charge in [0, 0.05) is 25.2 Å². The second kappa shape index (κ2) is 3.46. The number of nitrogens with zero attached hydrogens (tertiary/aromatic N) is 1. The minimum atomic E-state index is 0.0410. The van der Waals surface area contributed by atoms with Crippen molar-refractivity contribution < 1.29 is 9.59 Å². The van der Waals surface area contributed by atoms with E-state index in [0.717, 1.165) is 6.04 Å². The van der Waals surface area contributed by atoms with Gasteiger partial charge in [0.15, 0.2) is 0 Å². The molecule has 0 aromatic heterocycles. The predicted octanol–water partition coefficient (Wildman–Crippen LogP) is 1.78. The summed E-state index contributed by atoms with van der Waals surface area (Å²) in [5.74, 6) is 1.28. The van der Waals surface area contributed by atoms with Crippen LogP contribution in [0.5, 0.6) is 0 Å². The second-order valence-electron chi connectivity index (χ2n) is 6.27. The van der Waals surface area contributed by atoms with Gasteiger partial charge in [-0.1, -0.05) is 0 Å². The van der Waals surface area contributed by atoms with Crippen molar-refractivity contribution in [3.63, 3.8) is 0 Å². The Balaban J connectivity index is 1.81. The van der Waals surface area contributed by atoms with Gasteiger partial charge >= 0.3 is 0 Å². The molecule has 1 heterocycles. The molecule has 0 amide bonds. The lowest BCUT2D eigenvalue weighted by Gasteiger charge is -2.45. The van der Waals surface area contributed by atoms with Gasteiger partial charge < -0.3 is 9.59 Å². The highest BCUT2D eigenvalue weighted by Crippen LogP contribution is 2.46. The maximum atomic E-state index is 10.2. The Hall–Kier alpha value is -0.0800. The number of aliphatic hydroxyl groups is 1. The lowest BCUT2D eigenvalue weighted by atomic mass is 9.80. The van der Waals surface area contributed by atoms with Crippen LogP contribution in [-0.4, -0.2) is 41.9 Å². The van der Waals surface area contributed by atoms with E-state index in [-0.39, 0.29) is 6.10 Å². The molecule has 3 fully saturated rings. The summed E-state index contributed by atoms with van der Waals surface area (Å²) in [4.78, 5) is 0. The summed E-state index contributed by atoms with van der Waals surface area (Å²) in [6, 6.07) is 0.779. The van der Waals surface area contributed by atoms with Crippen molar-refractivity contribution in [3.8, 4) is 0 Å². The fourth-order valence-electron chi connectivity index (χ4n) is 4.60. The normalized spacial score (nSPS) is 48.4. The van der Waals surface area contributed by atoms with E-state index in [1.807, 2.05) is 0 Å². The van der Waals surface area contributed by atoms with E-state index in [9.17, 15) is 5.11 Å². The minimum absolute atomic E-state index is 0.0410. The van der Waals surface area contributed by atoms with Crippen LogP contribution in [0.25, 0.3) is 0 Å². The highest BCUT2D eigenvalue weighted by Gasteiger charge is 2.51. The van der Waals surface area contributed by atoms with Crippen LogP contribution >= 0.6 is 0 Å². The maximum Gasteiger partial charge on any atom is 0.0941 e. The Kier molecular flexibility index (Phi) is 2.33.